The number of nitrogens with zero attached hydrogens (tertiary/aromatic N) is 2. The van der Waals surface area contributed by atoms with E-state index in [2.05, 4.69) is 22.2 Å². The van der Waals surface area contributed by atoms with Gasteiger partial charge in [-0.3, -0.25) is 0 Å². The van der Waals surface area contributed by atoms with Crippen LogP contribution in [0.4, 0.5) is 5.82 Å². The zero-order valence-corrected chi connectivity index (χ0v) is 13.8. The molecule has 1 fully saturated rings. The van der Waals surface area contributed by atoms with Crippen LogP contribution in [0.1, 0.15) is 38.4 Å². The molecular formula is C16H27N3O3. The molecule has 1 N–H and O–H groups in total. The highest BCUT2D eigenvalue weighted by Crippen LogP contribution is 2.27. The molecule has 1 heterocycles. The molecule has 2 unspecified atom stereocenters. The molecule has 0 radical (unpaired) electrons. The largest absolute Gasteiger partial charge is 0.475 e. The van der Waals surface area contributed by atoms with Crippen LogP contribution in [0.25, 0.3) is 0 Å². The van der Waals surface area contributed by atoms with E-state index in [0.717, 1.165) is 5.82 Å². The molecule has 2 rings (SSSR count). The van der Waals surface area contributed by atoms with E-state index in [1.54, 1.807) is 14.2 Å². The Bertz CT molecular complexity index is 456. The van der Waals surface area contributed by atoms with Crippen molar-refractivity contribution in [1.82, 2.24) is 9.97 Å². The van der Waals surface area contributed by atoms with Crippen molar-refractivity contribution in [3.63, 3.8) is 0 Å². The van der Waals surface area contributed by atoms with E-state index in [4.69, 9.17) is 14.2 Å². The van der Waals surface area contributed by atoms with Crippen LogP contribution >= 0.6 is 0 Å². The minimum Gasteiger partial charge on any atom is -0.475 e. The monoisotopic (exact) mass is 309 g/mol. The second kappa shape index (κ2) is 8.90. The molecule has 22 heavy (non-hydrogen) atoms. The lowest BCUT2D eigenvalue weighted by molar-refractivity contribution is 0.142. The number of methoxy groups -OCH3 is 2. The Morgan fingerprint density at radius 1 is 1.14 bits per heavy atom. The lowest BCUT2D eigenvalue weighted by Gasteiger charge is -2.30. The van der Waals surface area contributed by atoms with E-state index < -0.39 is 0 Å². The summed E-state index contributed by atoms with van der Waals surface area (Å²) in [6.07, 6.45) is 5.05. The normalized spacial score (nSPS) is 21.6. The first-order valence-corrected chi connectivity index (χ1v) is 7.98. The van der Waals surface area contributed by atoms with Crippen LogP contribution in [-0.4, -0.2) is 43.4 Å². The van der Waals surface area contributed by atoms with Gasteiger partial charge in [-0.15, -0.1) is 0 Å². The van der Waals surface area contributed by atoms with Gasteiger partial charge in [0.25, 0.3) is 0 Å². The van der Waals surface area contributed by atoms with Crippen LogP contribution in [0.3, 0.4) is 0 Å². The molecule has 2 atom stereocenters. The van der Waals surface area contributed by atoms with Gasteiger partial charge in [0, 0.05) is 26.3 Å². The first-order chi connectivity index (χ1) is 10.7. The molecule has 6 heteroatoms. The molecule has 0 aromatic carbocycles. The lowest BCUT2D eigenvalue weighted by Crippen LogP contribution is -2.30. The van der Waals surface area contributed by atoms with Gasteiger partial charge < -0.3 is 19.5 Å². The Hall–Kier alpha value is -1.40. The fourth-order valence-corrected chi connectivity index (χ4v) is 2.76. The van der Waals surface area contributed by atoms with E-state index in [-0.39, 0.29) is 0 Å². The van der Waals surface area contributed by atoms with Crippen molar-refractivity contribution < 1.29 is 14.2 Å². The summed E-state index contributed by atoms with van der Waals surface area (Å²) >= 11 is 0. The Morgan fingerprint density at radius 3 is 2.68 bits per heavy atom. The summed E-state index contributed by atoms with van der Waals surface area (Å²) in [7, 11) is 3.29. The molecule has 0 amide bonds. The first kappa shape index (κ1) is 17.0. The Labute approximate surface area is 132 Å². The molecule has 0 spiro atoms. The van der Waals surface area contributed by atoms with Crippen molar-refractivity contribution in [2.75, 3.05) is 32.8 Å². The van der Waals surface area contributed by atoms with E-state index in [0.29, 0.717) is 43.5 Å². The van der Waals surface area contributed by atoms with Crippen molar-refractivity contribution in [3.8, 4) is 5.88 Å². The van der Waals surface area contributed by atoms with Gasteiger partial charge in [-0.1, -0.05) is 19.8 Å². The molecule has 1 saturated carbocycles. The number of rotatable bonds is 8. The van der Waals surface area contributed by atoms with Crippen molar-refractivity contribution in [1.29, 1.82) is 0 Å². The molecule has 124 valence electrons. The average Bonchev–Trinajstić information content (AvgIpc) is 2.50. The third kappa shape index (κ3) is 5.10. The van der Waals surface area contributed by atoms with Crippen LogP contribution in [0.15, 0.2) is 6.07 Å². The van der Waals surface area contributed by atoms with Gasteiger partial charge in [-0.2, -0.15) is 4.98 Å². The molecule has 6 nitrogen and oxygen atoms in total. The summed E-state index contributed by atoms with van der Waals surface area (Å²) in [4.78, 5) is 8.87. The molecule has 0 bridgehead atoms. The fraction of sp³-hybridized carbons (Fsp3) is 0.750. The predicted octanol–water partition coefficient (Wildman–Crippen LogP) is 2.64. The zero-order valence-electron chi connectivity index (χ0n) is 13.8. The smallest absolute Gasteiger partial charge is 0.218 e. The van der Waals surface area contributed by atoms with Crippen molar-refractivity contribution in [2.45, 2.75) is 45.3 Å². The molecular weight excluding hydrogens is 282 g/mol. The van der Waals surface area contributed by atoms with E-state index >= 15 is 0 Å². The van der Waals surface area contributed by atoms with E-state index in [1.165, 1.54) is 25.7 Å². The number of hydrogen-bond acceptors (Lipinski definition) is 6. The highest BCUT2D eigenvalue weighted by molar-refractivity contribution is 5.39. The Kier molecular flexibility index (Phi) is 6.86. The second-order valence-corrected chi connectivity index (χ2v) is 5.79. The molecule has 1 aliphatic rings. The Morgan fingerprint density at radius 2 is 1.95 bits per heavy atom. The van der Waals surface area contributed by atoms with Crippen LogP contribution in [-0.2, 0) is 16.1 Å². The molecule has 1 aromatic rings. The van der Waals surface area contributed by atoms with E-state index in [9.17, 15) is 0 Å². The summed E-state index contributed by atoms with van der Waals surface area (Å²) in [5.74, 6) is 2.66. The van der Waals surface area contributed by atoms with Gasteiger partial charge >= 0.3 is 0 Å². The van der Waals surface area contributed by atoms with Crippen molar-refractivity contribution in [2.24, 2.45) is 5.92 Å². The number of nitrogens with one attached hydrogen (secondary N) is 1. The van der Waals surface area contributed by atoms with Crippen LogP contribution < -0.4 is 10.1 Å². The maximum Gasteiger partial charge on any atom is 0.218 e. The zero-order chi connectivity index (χ0) is 15.8. The molecule has 0 aliphatic heterocycles. The number of anilines is 1. The first-order valence-electron chi connectivity index (χ1n) is 7.98. The summed E-state index contributed by atoms with van der Waals surface area (Å²) < 4.78 is 15.8. The minimum absolute atomic E-state index is 0.371. The standard InChI is InChI=1S/C16H27N3O3/c1-12-6-4-5-7-13(12)17-14-10-16(22-9-8-20-2)19-15(18-14)11-21-3/h10,12-13H,4-9,11H2,1-3H3,(H,17,18,19). The van der Waals surface area contributed by atoms with Crippen LogP contribution in [0, 0.1) is 5.92 Å². The van der Waals surface area contributed by atoms with Crippen molar-refractivity contribution in [3.05, 3.63) is 11.9 Å². The molecule has 1 aromatic heterocycles. The summed E-state index contributed by atoms with van der Waals surface area (Å²) in [5.41, 5.74) is 0. The quantitative estimate of drug-likeness (QED) is 0.745. The van der Waals surface area contributed by atoms with Gasteiger partial charge in [0.2, 0.25) is 5.88 Å². The molecule has 0 saturated heterocycles. The highest BCUT2D eigenvalue weighted by atomic mass is 16.5. The third-order valence-corrected chi connectivity index (χ3v) is 4.00. The summed E-state index contributed by atoms with van der Waals surface area (Å²) in [6, 6.07) is 2.32. The van der Waals surface area contributed by atoms with Gasteiger partial charge in [-0.25, -0.2) is 4.98 Å². The van der Waals surface area contributed by atoms with E-state index in [1.807, 2.05) is 6.07 Å². The SMILES string of the molecule is COCCOc1cc(NC2CCCCC2C)nc(COC)n1. The third-order valence-electron chi connectivity index (χ3n) is 4.00. The lowest BCUT2D eigenvalue weighted by atomic mass is 9.86. The Balaban J connectivity index is 2.06. The van der Waals surface area contributed by atoms with Crippen molar-refractivity contribution >= 4 is 5.82 Å². The maximum atomic E-state index is 5.62. The topological polar surface area (TPSA) is 65.5 Å². The van der Waals surface area contributed by atoms with Gasteiger partial charge in [-0.05, 0) is 18.8 Å². The number of ether oxygens (including phenoxy) is 3. The second-order valence-electron chi connectivity index (χ2n) is 5.79. The maximum absolute atomic E-state index is 5.62. The van der Waals surface area contributed by atoms with Gasteiger partial charge in [0.05, 0.1) is 6.61 Å². The van der Waals surface area contributed by atoms with Gasteiger partial charge in [0.15, 0.2) is 5.82 Å². The number of aromatic nitrogens is 2. The molecule has 1 aliphatic carbocycles. The van der Waals surface area contributed by atoms with Crippen LogP contribution in [0.5, 0.6) is 5.88 Å². The summed E-state index contributed by atoms with van der Waals surface area (Å²) in [6.45, 7) is 3.67. The highest BCUT2D eigenvalue weighted by Gasteiger charge is 2.21. The number of hydrogen-bond donors (Lipinski definition) is 1. The summed E-state index contributed by atoms with van der Waals surface area (Å²) in [5, 5.41) is 3.54. The minimum atomic E-state index is 0.371. The predicted molar refractivity (Wildman–Crippen MR) is 85.2 cm³/mol. The fourth-order valence-electron chi connectivity index (χ4n) is 2.76. The van der Waals surface area contributed by atoms with Crippen LogP contribution in [0.2, 0.25) is 0 Å². The van der Waals surface area contributed by atoms with Gasteiger partial charge in [0.1, 0.15) is 19.0 Å². The average molecular weight is 309 g/mol.